The third-order valence-corrected chi connectivity index (χ3v) is 4.34. The van der Waals surface area contributed by atoms with Gasteiger partial charge in [-0.15, -0.1) is 0 Å². The van der Waals surface area contributed by atoms with Crippen molar-refractivity contribution in [2.24, 2.45) is 17.8 Å². The predicted octanol–water partition coefficient (Wildman–Crippen LogP) is 3.39. The van der Waals surface area contributed by atoms with E-state index in [-0.39, 0.29) is 17.7 Å². The first-order valence-corrected chi connectivity index (χ1v) is 8.67. The summed E-state index contributed by atoms with van der Waals surface area (Å²) in [5.41, 5.74) is 1.13. The molecule has 25 heavy (non-hydrogen) atoms. The summed E-state index contributed by atoms with van der Waals surface area (Å²) in [7, 11) is 0. The molecule has 6 nitrogen and oxygen atoms in total. The molecule has 132 valence electrons. The zero-order chi connectivity index (χ0) is 18.0. The Balaban J connectivity index is 1.67. The lowest BCUT2D eigenvalue weighted by Gasteiger charge is -2.11. The highest BCUT2D eigenvalue weighted by Crippen LogP contribution is 2.38. The summed E-state index contributed by atoms with van der Waals surface area (Å²) in [6, 6.07) is 6.97. The summed E-state index contributed by atoms with van der Waals surface area (Å²) < 4.78 is 1.92. The van der Waals surface area contributed by atoms with Crippen LogP contribution >= 0.6 is 0 Å². The van der Waals surface area contributed by atoms with Gasteiger partial charge in [0.2, 0.25) is 11.9 Å². The molecule has 1 heterocycles. The van der Waals surface area contributed by atoms with E-state index in [9.17, 15) is 9.59 Å². The molecular formula is C19H24N4O2. The molecule has 1 fully saturated rings. The predicted molar refractivity (Wildman–Crippen MR) is 97.4 cm³/mol. The number of amides is 2. The summed E-state index contributed by atoms with van der Waals surface area (Å²) in [5, 5.41) is 5.72. The summed E-state index contributed by atoms with van der Waals surface area (Å²) in [6.45, 7) is 7.07. The third-order valence-electron chi connectivity index (χ3n) is 4.34. The van der Waals surface area contributed by atoms with Gasteiger partial charge in [0.25, 0.3) is 5.91 Å². The van der Waals surface area contributed by atoms with Crippen molar-refractivity contribution in [3.8, 4) is 0 Å². The Morgan fingerprint density at radius 3 is 2.76 bits per heavy atom. The van der Waals surface area contributed by atoms with Gasteiger partial charge in [-0.2, -0.15) is 0 Å². The number of imidazole rings is 1. The van der Waals surface area contributed by atoms with Crippen molar-refractivity contribution in [3.05, 3.63) is 42.2 Å². The zero-order valence-corrected chi connectivity index (χ0v) is 14.8. The van der Waals surface area contributed by atoms with Crippen LogP contribution in [-0.4, -0.2) is 21.4 Å². The fourth-order valence-electron chi connectivity index (χ4n) is 2.81. The minimum atomic E-state index is -0.243. The Labute approximate surface area is 147 Å². The lowest BCUT2D eigenvalue weighted by molar-refractivity contribution is -0.117. The molecule has 0 radical (unpaired) electrons. The smallest absolute Gasteiger partial charge is 0.258 e. The number of anilines is 2. The SMILES string of the molecule is CC(C)Cn1ccnc1NC(=O)c1cccc(NC(=O)[C@H]2C[C@H]2C)c1. The minimum Gasteiger partial charge on any atom is -0.326 e. The summed E-state index contributed by atoms with van der Waals surface area (Å²) in [5.74, 6) is 1.31. The number of nitrogens with one attached hydrogen (secondary N) is 2. The Hall–Kier alpha value is -2.63. The van der Waals surface area contributed by atoms with Crippen LogP contribution in [0.3, 0.4) is 0 Å². The van der Waals surface area contributed by atoms with E-state index in [1.165, 1.54) is 0 Å². The van der Waals surface area contributed by atoms with E-state index in [4.69, 9.17) is 0 Å². The number of nitrogens with zero attached hydrogens (tertiary/aromatic N) is 2. The molecule has 1 aliphatic rings. The summed E-state index contributed by atoms with van der Waals surface area (Å²) >= 11 is 0. The molecule has 1 aromatic carbocycles. The highest BCUT2D eigenvalue weighted by Gasteiger charge is 2.39. The number of rotatable bonds is 6. The van der Waals surface area contributed by atoms with E-state index in [1.807, 2.05) is 10.8 Å². The van der Waals surface area contributed by atoms with Crippen molar-refractivity contribution in [2.75, 3.05) is 10.6 Å². The molecule has 0 bridgehead atoms. The number of hydrogen-bond acceptors (Lipinski definition) is 3. The fraction of sp³-hybridized carbons (Fsp3) is 0.421. The molecule has 1 aliphatic carbocycles. The Kier molecular flexibility index (Phi) is 4.88. The average Bonchev–Trinajstić information content (AvgIpc) is 3.15. The second-order valence-electron chi connectivity index (χ2n) is 7.14. The van der Waals surface area contributed by atoms with Gasteiger partial charge in [0.1, 0.15) is 0 Å². The summed E-state index contributed by atoms with van der Waals surface area (Å²) in [6.07, 6.45) is 4.46. The topological polar surface area (TPSA) is 76.0 Å². The first-order chi connectivity index (χ1) is 11.9. The largest absolute Gasteiger partial charge is 0.326 e. The number of benzene rings is 1. The Morgan fingerprint density at radius 2 is 2.08 bits per heavy atom. The molecule has 1 aromatic heterocycles. The number of aromatic nitrogens is 2. The first-order valence-electron chi connectivity index (χ1n) is 8.67. The highest BCUT2D eigenvalue weighted by atomic mass is 16.2. The number of carbonyl (C=O) groups is 2. The monoisotopic (exact) mass is 340 g/mol. The van der Waals surface area contributed by atoms with Crippen molar-refractivity contribution < 1.29 is 9.59 Å². The molecule has 2 atom stereocenters. The van der Waals surface area contributed by atoms with Crippen LogP contribution in [0.25, 0.3) is 0 Å². The molecular weight excluding hydrogens is 316 g/mol. The Morgan fingerprint density at radius 1 is 1.32 bits per heavy atom. The van der Waals surface area contributed by atoms with Crippen LogP contribution in [0.5, 0.6) is 0 Å². The van der Waals surface area contributed by atoms with E-state index >= 15 is 0 Å². The van der Waals surface area contributed by atoms with E-state index in [0.717, 1.165) is 13.0 Å². The van der Waals surface area contributed by atoms with Crippen LogP contribution < -0.4 is 10.6 Å². The third kappa shape index (κ3) is 4.26. The van der Waals surface area contributed by atoms with Crippen molar-refractivity contribution in [1.82, 2.24) is 9.55 Å². The van der Waals surface area contributed by atoms with E-state index in [1.54, 1.807) is 30.5 Å². The number of hydrogen-bond donors (Lipinski definition) is 2. The van der Waals surface area contributed by atoms with Gasteiger partial charge < -0.3 is 9.88 Å². The molecule has 0 unspecified atom stereocenters. The van der Waals surface area contributed by atoms with Crippen molar-refractivity contribution in [3.63, 3.8) is 0 Å². The standard InChI is InChI=1S/C19H24N4O2/c1-12(2)11-23-8-7-20-19(23)22-17(24)14-5-4-6-15(10-14)21-18(25)16-9-13(16)3/h4-8,10,12-13,16H,9,11H2,1-3H3,(H,21,25)(H,20,22,24)/t13-,16+/m1/s1. The molecule has 0 spiro atoms. The second-order valence-corrected chi connectivity index (χ2v) is 7.14. The van der Waals surface area contributed by atoms with Gasteiger partial charge in [-0.1, -0.05) is 26.8 Å². The lowest BCUT2D eigenvalue weighted by Crippen LogP contribution is -2.18. The molecule has 0 saturated heterocycles. The zero-order valence-electron chi connectivity index (χ0n) is 14.8. The maximum atomic E-state index is 12.5. The van der Waals surface area contributed by atoms with E-state index in [2.05, 4.69) is 36.4 Å². The second kappa shape index (κ2) is 7.09. The van der Waals surface area contributed by atoms with Crippen molar-refractivity contribution in [1.29, 1.82) is 0 Å². The molecule has 3 rings (SSSR count). The Bertz CT molecular complexity index is 781. The van der Waals surface area contributed by atoms with E-state index in [0.29, 0.717) is 29.0 Å². The van der Waals surface area contributed by atoms with Gasteiger partial charge in [-0.3, -0.25) is 14.9 Å². The maximum absolute atomic E-state index is 12.5. The van der Waals surface area contributed by atoms with Crippen molar-refractivity contribution in [2.45, 2.75) is 33.7 Å². The average molecular weight is 340 g/mol. The van der Waals surface area contributed by atoms with Crippen LogP contribution in [-0.2, 0) is 11.3 Å². The molecule has 0 aliphatic heterocycles. The van der Waals surface area contributed by atoms with Gasteiger partial charge in [0.05, 0.1) is 0 Å². The molecule has 1 saturated carbocycles. The van der Waals surface area contributed by atoms with Gasteiger partial charge in [-0.05, 0) is 36.5 Å². The van der Waals surface area contributed by atoms with Crippen LogP contribution in [0.2, 0.25) is 0 Å². The lowest BCUT2D eigenvalue weighted by atomic mass is 10.2. The van der Waals surface area contributed by atoms with Gasteiger partial charge in [0, 0.05) is 36.1 Å². The molecule has 6 heteroatoms. The van der Waals surface area contributed by atoms with Gasteiger partial charge >= 0.3 is 0 Å². The fourth-order valence-corrected chi connectivity index (χ4v) is 2.81. The maximum Gasteiger partial charge on any atom is 0.258 e. The van der Waals surface area contributed by atoms with Crippen LogP contribution in [0, 0.1) is 17.8 Å². The van der Waals surface area contributed by atoms with E-state index < -0.39 is 0 Å². The normalized spacial score (nSPS) is 18.9. The van der Waals surface area contributed by atoms with Crippen LogP contribution in [0.4, 0.5) is 11.6 Å². The van der Waals surface area contributed by atoms with Crippen LogP contribution in [0.15, 0.2) is 36.7 Å². The van der Waals surface area contributed by atoms with Gasteiger partial charge in [-0.25, -0.2) is 4.98 Å². The first kappa shape index (κ1) is 17.2. The molecule has 2 N–H and O–H groups in total. The van der Waals surface area contributed by atoms with Crippen LogP contribution in [0.1, 0.15) is 37.6 Å². The van der Waals surface area contributed by atoms with Crippen molar-refractivity contribution >= 4 is 23.5 Å². The molecule has 2 amide bonds. The van der Waals surface area contributed by atoms with Gasteiger partial charge in [0.15, 0.2) is 0 Å². The molecule has 2 aromatic rings. The minimum absolute atomic E-state index is 0.0255. The summed E-state index contributed by atoms with van der Waals surface area (Å²) in [4.78, 5) is 28.8. The quantitative estimate of drug-likeness (QED) is 0.846. The highest BCUT2D eigenvalue weighted by molar-refractivity contribution is 6.04. The number of carbonyl (C=O) groups excluding carboxylic acids is 2.